The van der Waals surface area contributed by atoms with E-state index in [4.69, 9.17) is 42.6 Å². The van der Waals surface area contributed by atoms with Crippen LogP contribution in [-0.2, 0) is 71.4 Å². The van der Waals surface area contributed by atoms with Crippen LogP contribution < -0.4 is 0 Å². The molecule has 2 aliphatic rings. The molecule has 2 fully saturated rings. The fraction of sp³-hybridized carbons (Fsp3) is 0.750. The van der Waals surface area contributed by atoms with Crippen LogP contribution in [0.1, 0.15) is 48.5 Å². The van der Waals surface area contributed by atoms with Crippen LogP contribution in [0, 0.1) is 0 Å². The Balaban J connectivity index is 2.56. The summed E-state index contributed by atoms with van der Waals surface area (Å²) in [6, 6.07) is 0. The Labute approximate surface area is 229 Å². The second kappa shape index (κ2) is 14.3. The molecule has 226 valence electrons. The highest BCUT2D eigenvalue weighted by Gasteiger charge is 2.56. The lowest BCUT2D eigenvalue weighted by molar-refractivity contribution is -0.354. The van der Waals surface area contributed by atoms with Gasteiger partial charge in [0.15, 0.2) is 43.1 Å². The zero-order valence-corrected chi connectivity index (χ0v) is 23.1. The van der Waals surface area contributed by atoms with Crippen LogP contribution in [0.4, 0.5) is 0 Å². The van der Waals surface area contributed by atoms with Crippen LogP contribution in [0.3, 0.4) is 0 Å². The second-order valence-corrected chi connectivity index (χ2v) is 9.05. The van der Waals surface area contributed by atoms with Gasteiger partial charge in [-0.1, -0.05) is 0 Å². The SMILES string of the molecule is CC(=O)OC[C@H]1OC(O)[C@H](OC(C)=O)[C@@H](O[C@@H]2O[C@@H](C)[C@@H](OC(C)=O)[C@@H](OC(C)=O)[C@@H]2OC(C)=O)[C@@H]1OC(C)=O. The fourth-order valence-corrected chi connectivity index (χ4v) is 4.27. The molecule has 2 heterocycles. The highest BCUT2D eigenvalue weighted by molar-refractivity contribution is 5.69. The maximum Gasteiger partial charge on any atom is 0.303 e. The number of ether oxygens (including phenoxy) is 9. The summed E-state index contributed by atoms with van der Waals surface area (Å²) < 4.78 is 48.8. The highest BCUT2D eigenvalue weighted by Crippen LogP contribution is 2.34. The number of hydrogen-bond donors (Lipinski definition) is 1. The first-order valence-electron chi connectivity index (χ1n) is 12.2. The van der Waals surface area contributed by atoms with Crippen LogP contribution in [0.2, 0.25) is 0 Å². The molecule has 2 aliphatic heterocycles. The van der Waals surface area contributed by atoms with E-state index in [-0.39, 0.29) is 0 Å². The quantitative estimate of drug-likeness (QED) is 0.259. The molecule has 0 aliphatic carbocycles. The first kappa shape index (κ1) is 32.9. The predicted molar refractivity (Wildman–Crippen MR) is 124 cm³/mol. The lowest BCUT2D eigenvalue weighted by Gasteiger charge is -2.47. The fourth-order valence-electron chi connectivity index (χ4n) is 4.27. The number of rotatable bonds is 9. The number of aliphatic hydroxyl groups excluding tert-OH is 1. The molecule has 0 bridgehead atoms. The normalized spacial score (nSPS) is 33.6. The van der Waals surface area contributed by atoms with Crippen molar-refractivity contribution in [1.82, 2.24) is 0 Å². The molecule has 1 unspecified atom stereocenters. The third-order valence-corrected chi connectivity index (χ3v) is 5.59. The first-order chi connectivity index (χ1) is 18.6. The number of carbonyl (C=O) groups is 6. The van der Waals surface area contributed by atoms with Crippen LogP contribution in [-0.4, -0.2) is 109 Å². The number of esters is 6. The van der Waals surface area contributed by atoms with Crippen LogP contribution in [0.5, 0.6) is 0 Å². The van der Waals surface area contributed by atoms with E-state index in [0.717, 1.165) is 41.5 Å². The summed E-state index contributed by atoms with van der Waals surface area (Å²) in [5.74, 6) is -4.84. The smallest absolute Gasteiger partial charge is 0.303 e. The molecule has 16 heteroatoms. The van der Waals surface area contributed by atoms with E-state index >= 15 is 0 Å². The Morgan fingerprint density at radius 3 is 1.52 bits per heavy atom. The number of aliphatic hydroxyl groups is 1. The molecular formula is C24H34O16. The molecule has 16 nitrogen and oxygen atoms in total. The van der Waals surface area contributed by atoms with Crippen molar-refractivity contribution in [3.8, 4) is 0 Å². The van der Waals surface area contributed by atoms with Gasteiger partial charge in [-0.25, -0.2) is 0 Å². The summed E-state index contributed by atoms with van der Waals surface area (Å²) in [7, 11) is 0. The van der Waals surface area contributed by atoms with Gasteiger partial charge in [0.1, 0.15) is 18.8 Å². The summed E-state index contributed by atoms with van der Waals surface area (Å²) >= 11 is 0. The van der Waals surface area contributed by atoms with Gasteiger partial charge in [-0.2, -0.15) is 0 Å². The van der Waals surface area contributed by atoms with E-state index in [1.54, 1.807) is 0 Å². The van der Waals surface area contributed by atoms with Gasteiger partial charge in [0.25, 0.3) is 0 Å². The van der Waals surface area contributed by atoms with E-state index in [2.05, 4.69) is 0 Å². The molecule has 0 aromatic heterocycles. The van der Waals surface area contributed by atoms with Gasteiger partial charge in [-0.05, 0) is 6.92 Å². The van der Waals surface area contributed by atoms with E-state index in [1.807, 2.05) is 0 Å². The van der Waals surface area contributed by atoms with Crippen LogP contribution in [0.25, 0.3) is 0 Å². The third kappa shape index (κ3) is 9.11. The zero-order chi connectivity index (χ0) is 30.3. The van der Waals surface area contributed by atoms with Crippen molar-refractivity contribution in [2.45, 2.75) is 110 Å². The van der Waals surface area contributed by atoms with Crippen molar-refractivity contribution >= 4 is 35.8 Å². The lowest BCUT2D eigenvalue weighted by atomic mass is 9.96. The molecule has 0 amide bonds. The number of carbonyl (C=O) groups excluding carboxylic acids is 6. The molecule has 2 rings (SSSR count). The Hall–Kier alpha value is -3.34. The lowest BCUT2D eigenvalue weighted by Crippen LogP contribution is -2.66. The average Bonchev–Trinajstić information content (AvgIpc) is 2.80. The summed E-state index contributed by atoms with van der Waals surface area (Å²) in [5.41, 5.74) is 0. The average molecular weight is 579 g/mol. The minimum absolute atomic E-state index is 0.503. The molecule has 1 N–H and O–H groups in total. The monoisotopic (exact) mass is 578 g/mol. The molecular weight excluding hydrogens is 544 g/mol. The summed E-state index contributed by atoms with van der Waals surface area (Å²) in [6.45, 7) is 7.41. The molecule has 10 atom stereocenters. The molecule has 0 aromatic carbocycles. The Kier molecular flexibility index (Phi) is 11.8. The zero-order valence-electron chi connectivity index (χ0n) is 23.1. The van der Waals surface area contributed by atoms with Crippen LogP contribution >= 0.6 is 0 Å². The largest absolute Gasteiger partial charge is 0.463 e. The summed E-state index contributed by atoms with van der Waals surface area (Å²) in [4.78, 5) is 71.0. The van der Waals surface area contributed by atoms with E-state index in [1.165, 1.54) is 6.92 Å². The molecule has 40 heavy (non-hydrogen) atoms. The molecule has 0 spiro atoms. The van der Waals surface area contributed by atoms with Gasteiger partial charge in [0, 0.05) is 41.5 Å². The van der Waals surface area contributed by atoms with Gasteiger partial charge in [0.05, 0.1) is 6.10 Å². The number of hydrogen-bond acceptors (Lipinski definition) is 16. The Bertz CT molecular complexity index is 965. The molecule has 0 aromatic rings. The van der Waals surface area contributed by atoms with Gasteiger partial charge < -0.3 is 47.7 Å². The predicted octanol–water partition coefficient (Wildman–Crippen LogP) is -0.945. The first-order valence-corrected chi connectivity index (χ1v) is 12.2. The molecule has 0 radical (unpaired) electrons. The topological polar surface area (TPSA) is 206 Å². The second-order valence-electron chi connectivity index (χ2n) is 9.05. The standard InChI is InChI=1S/C24H34O16/c1-9-17(34-11(3)26)19(36-13(5)28)22(38-15(7)30)24(33-9)40-20-18(35-12(4)27)16(8-32-10(2)25)39-23(31)21(20)37-14(6)29/h9,16-24,31H,8H2,1-7H3/t9-,16+,17+,18+,19+,20-,21+,22-,23?,24-/m0/s1. The van der Waals surface area contributed by atoms with Crippen molar-refractivity contribution in [2.24, 2.45) is 0 Å². The minimum Gasteiger partial charge on any atom is -0.463 e. The van der Waals surface area contributed by atoms with Crippen LogP contribution in [0.15, 0.2) is 0 Å². The minimum atomic E-state index is -1.87. The maximum absolute atomic E-state index is 12.0. The summed E-state index contributed by atoms with van der Waals surface area (Å²) in [6.07, 6.45) is -14.7. The van der Waals surface area contributed by atoms with Crippen molar-refractivity contribution in [2.75, 3.05) is 6.61 Å². The molecule has 0 saturated carbocycles. The van der Waals surface area contributed by atoms with Gasteiger partial charge in [-0.3, -0.25) is 28.8 Å². The van der Waals surface area contributed by atoms with Gasteiger partial charge in [0.2, 0.25) is 0 Å². The Morgan fingerprint density at radius 2 is 1.02 bits per heavy atom. The van der Waals surface area contributed by atoms with Gasteiger partial charge in [-0.15, -0.1) is 0 Å². The van der Waals surface area contributed by atoms with E-state index in [9.17, 15) is 33.9 Å². The Morgan fingerprint density at radius 1 is 0.575 bits per heavy atom. The van der Waals surface area contributed by atoms with E-state index in [0.29, 0.717) is 0 Å². The highest BCUT2D eigenvalue weighted by atomic mass is 16.8. The van der Waals surface area contributed by atoms with Crippen molar-refractivity contribution in [3.05, 3.63) is 0 Å². The maximum atomic E-state index is 12.0. The third-order valence-electron chi connectivity index (χ3n) is 5.59. The van der Waals surface area contributed by atoms with Crippen molar-refractivity contribution in [3.63, 3.8) is 0 Å². The van der Waals surface area contributed by atoms with Gasteiger partial charge >= 0.3 is 35.8 Å². The molecule has 2 saturated heterocycles. The van der Waals surface area contributed by atoms with Crippen molar-refractivity contribution < 1.29 is 76.5 Å². The summed E-state index contributed by atoms with van der Waals surface area (Å²) in [5, 5.41) is 10.7. The van der Waals surface area contributed by atoms with Crippen molar-refractivity contribution in [1.29, 1.82) is 0 Å². The van der Waals surface area contributed by atoms with E-state index < -0.39 is 104 Å².